The molecule has 0 bridgehead atoms. The molecule has 0 unspecified atom stereocenters. The predicted molar refractivity (Wildman–Crippen MR) is 141 cm³/mol. The molecule has 0 atom stereocenters. The standard InChI is InChI=1S/C32H42/c1-3-5-7-9-12-27-16-20-29(21-17-27)24-31-14-11-15-32(26-31)25-30-22-18-28(19-23-30)13-10-8-6-4-2/h11,14-23,26H,3-10,12-13,24-25H2,1-2H3. The first-order valence-corrected chi connectivity index (χ1v) is 13.0. The molecule has 0 nitrogen and oxygen atoms in total. The van der Waals surface area contributed by atoms with Gasteiger partial charge in [0, 0.05) is 0 Å². The van der Waals surface area contributed by atoms with Gasteiger partial charge in [0.25, 0.3) is 0 Å². The molecule has 0 fully saturated rings. The zero-order valence-corrected chi connectivity index (χ0v) is 20.4. The van der Waals surface area contributed by atoms with Gasteiger partial charge in [-0.25, -0.2) is 0 Å². The fourth-order valence-corrected chi connectivity index (χ4v) is 4.48. The van der Waals surface area contributed by atoms with Gasteiger partial charge < -0.3 is 0 Å². The summed E-state index contributed by atoms with van der Waals surface area (Å²) >= 11 is 0. The second-order valence-corrected chi connectivity index (χ2v) is 9.43. The Bertz CT molecular complexity index is 813. The summed E-state index contributed by atoms with van der Waals surface area (Å²) in [6.07, 6.45) is 15.1. The van der Waals surface area contributed by atoms with Crippen LogP contribution in [0.3, 0.4) is 0 Å². The smallest absolute Gasteiger partial charge is 0.00257 e. The van der Waals surface area contributed by atoms with Crippen LogP contribution in [-0.4, -0.2) is 0 Å². The average molecular weight is 427 g/mol. The van der Waals surface area contributed by atoms with Gasteiger partial charge in [-0.1, -0.05) is 125 Å². The van der Waals surface area contributed by atoms with Crippen LogP contribution in [0.2, 0.25) is 0 Å². The highest BCUT2D eigenvalue weighted by Gasteiger charge is 2.02. The molecule has 0 saturated heterocycles. The van der Waals surface area contributed by atoms with Crippen molar-refractivity contribution in [3.8, 4) is 0 Å². The van der Waals surface area contributed by atoms with E-state index in [9.17, 15) is 0 Å². The minimum Gasteiger partial charge on any atom is -0.0654 e. The molecule has 32 heavy (non-hydrogen) atoms. The van der Waals surface area contributed by atoms with Crippen molar-refractivity contribution in [3.63, 3.8) is 0 Å². The maximum absolute atomic E-state index is 2.39. The molecule has 0 heteroatoms. The Labute approximate surface area is 197 Å². The predicted octanol–water partition coefficient (Wildman–Crippen LogP) is 9.11. The lowest BCUT2D eigenvalue weighted by molar-refractivity contribution is 0.667. The number of aryl methyl sites for hydroxylation is 2. The van der Waals surface area contributed by atoms with Crippen LogP contribution in [-0.2, 0) is 25.7 Å². The van der Waals surface area contributed by atoms with Crippen LogP contribution >= 0.6 is 0 Å². The fourth-order valence-electron chi connectivity index (χ4n) is 4.48. The molecule has 3 aromatic rings. The Balaban J connectivity index is 1.50. The molecule has 0 aliphatic carbocycles. The van der Waals surface area contributed by atoms with E-state index in [0.717, 1.165) is 12.8 Å². The molecule has 170 valence electrons. The lowest BCUT2D eigenvalue weighted by Gasteiger charge is -2.08. The maximum atomic E-state index is 2.39. The van der Waals surface area contributed by atoms with Crippen LogP contribution in [0, 0.1) is 0 Å². The quantitative estimate of drug-likeness (QED) is 0.225. The van der Waals surface area contributed by atoms with Crippen molar-refractivity contribution >= 4 is 0 Å². The summed E-state index contributed by atoms with van der Waals surface area (Å²) < 4.78 is 0. The summed E-state index contributed by atoms with van der Waals surface area (Å²) in [6, 6.07) is 27.7. The van der Waals surface area contributed by atoms with Crippen LogP contribution in [0.5, 0.6) is 0 Å². The van der Waals surface area contributed by atoms with Gasteiger partial charge in [-0.05, 0) is 71.9 Å². The van der Waals surface area contributed by atoms with Crippen molar-refractivity contribution < 1.29 is 0 Å². The van der Waals surface area contributed by atoms with Crippen LogP contribution in [0.15, 0.2) is 72.8 Å². The molecule has 0 heterocycles. The lowest BCUT2D eigenvalue weighted by atomic mass is 9.97. The van der Waals surface area contributed by atoms with E-state index in [4.69, 9.17) is 0 Å². The molecule has 0 aliphatic heterocycles. The van der Waals surface area contributed by atoms with Gasteiger partial charge in [-0.3, -0.25) is 0 Å². The number of hydrogen-bond donors (Lipinski definition) is 0. The molecule has 0 aliphatic rings. The molecule has 0 aromatic heterocycles. The summed E-state index contributed by atoms with van der Waals surface area (Å²) in [6.45, 7) is 4.55. The largest absolute Gasteiger partial charge is 0.0654 e. The second-order valence-electron chi connectivity index (χ2n) is 9.43. The van der Waals surface area contributed by atoms with Crippen molar-refractivity contribution in [1.29, 1.82) is 0 Å². The van der Waals surface area contributed by atoms with Gasteiger partial charge >= 0.3 is 0 Å². The van der Waals surface area contributed by atoms with Crippen molar-refractivity contribution in [3.05, 3.63) is 106 Å². The van der Waals surface area contributed by atoms with E-state index in [-0.39, 0.29) is 0 Å². The van der Waals surface area contributed by atoms with E-state index >= 15 is 0 Å². The SMILES string of the molecule is CCCCCCc1ccc(Cc2cccc(Cc3ccc(CCCCCC)cc3)c2)cc1. The first kappa shape index (κ1) is 24.3. The minimum absolute atomic E-state index is 1.01. The van der Waals surface area contributed by atoms with Gasteiger partial charge in [0.2, 0.25) is 0 Å². The van der Waals surface area contributed by atoms with E-state index in [2.05, 4.69) is 86.6 Å². The minimum atomic E-state index is 1.01. The molecule has 0 radical (unpaired) electrons. The van der Waals surface area contributed by atoms with Gasteiger partial charge in [0.15, 0.2) is 0 Å². The second kappa shape index (κ2) is 13.9. The normalized spacial score (nSPS) is 11.1. The Hall–Kier alpha value is -2.34. The Morgan fingerprint density at radius 1 is 0.406 bits per heavy atom. The zero-order chi connectivity index (χ0) is 22.4. The van der Waals surface area contributed by atoms with Crippen molar-refractivity contribution in [2.24, 2.45) is 0 Å². The molecular weight excluding hydrogens is 384 g/mol. The molecule has 0 saturated carbocycles. The third-order valence-electron chi connectivity index (χ3n) is 6.49. The monoisotopic (exact) mass is 426 g/mol. The van der Waals surface area contributed by atoms with Crippen LogP contribution in [0.25, 0.3) is 0 Å². The van der Waals surface area contributed by atoms with Gasteiger partial charge in [-0.2, -0.15) is 0 Å². The summed E-state index contributed by atoms with van der Waals surface area (Å²) in [5.74, 6) is 0. The van der Waals surface area contributed by atoms with Gasteiger partial charge in [0.05, 0.1) is 0 Å². The van der Waals surface area contributed by atoms with Gasteiger partial charge in [0.1, 0.15) is 0 Å². The Morgan fingerprint density at radius 2 is 0.812 bits per heavy atom. The number of unbranched alkanes of at least 4 members (excludes halogenated alkanes) is 6. The van der Waals surface area contributed by atoms with Crippen molar-refractivity contribution in [2.75, 3.05) is 0 Å². The van der Waals surface area contributed by atoms with E-state index < -0.39 is 0 Å². The van der Waals surface area contributed by atoms with Crippen molar-refractivity contribution in [1.82, 2.24) is 0 Å². The van der Waals surface area contributed by atoms with E-state index in [0.29, 0.717) is 0 Å². The molecular formula is C32H42. The molecule has 0 N–H and O–H groups in total. The summed E-state index contributed by atoms with van der Waals surface area (Å²) in [4.78, 5) is 0. The van der Waals surface area contributed by atoms with Crippen LogP contribution < -0.4 is 0 Å². The van der Waals surface area contributed by atoms with Crippen LogP contribution in [0.4, 0.5) is 0 Å². The summed E-state index contributed by atoms with van der Waals surface area (Å²) in [7, 11) is 0. The highest BCUT2D eigenvalue weighted by atomic mass is 14.1. The fraction of sp³-hybridized carbons (Fsp3) is 0.438. The number of hydrogen-bond acceptors (Lipinski definition) is 0. The van der Waals surface area contributed by atoms with E-state index in [1.54, 1.807) is 0 Å². The molecule has 3 aromatic carbocycles. The van der Waals surface area contributed by atoms with Crippen LogP contribution in [0.1, 0.15) is 98.6 Å². The Morgan fingerprint density at radius 3 is 1.22 bits per heavy atom. The van der Waals surface area contributed by atoms with E-state index in [1.807, 2.05) is 0 Å². The maximum Gasteiger partial charge on any atom is -0.00257 e. The molecule has 0 spiro atoms. The molecule has 3 rings (SSSR count). The number of benzene rings is 3. The first-order chi connectivity index (χ1) is 15.8. The lowest BCUT2D eigenvalue weighted by Crippen LogP contribution is -1.94. The average Bonchev–Trinajstić information content (AvgIpc) is 2.82. The van der Waals surface area contributed by atoms with Crippen molar-refractivity contribution in [2.45, 2.75) is 90.9 Å². The highest BCUT2D eigenvalue weighted by Crippen LogP contribution is 2.17. The van der Waals surface area contributed by atoms with E-state index in [1.165, 1.54) is 97.6 Å². The third-order valence-corrected chi connectivity index (χ3v) is 6.49. The zero-order valence-electron chi connectivity index (χ0n) is 20.4. The summed E-state index contributed by atoms with van der Waals surface area (Å²) in [5, 5.41) is 0. The molecule has 0 amide bonds. The van der Waals surface area contributed by atoms with Gasteiger partial charge in [-0.15, -0.1) is 0 Å². The highest BCUT2D eigenvalue weighted by molar-refractivity contribution is 5.34. The third kappa shape index (κ3) is 8.65. The summed E-state index contributed by atoms with van der Waals surface area (Å²) in [5.41, 5.74) is 8.59. The topological polar surface area (TPSA) is 0 Å². The number of rotatable bonds is 14. The Kier molecular flexibility index (Phi) is 10.6. The first-order valence-electron chi connectivity index (χ1n) is 13.0.